The SMILES string of the molecule is N#Cc1ccc2[nH]cc(CCN3CCN(c4ccc(C(=O)CCC5CCN(Cc6ccccc6)CC5)cc4)CC3)c2c1. The molecule has 0 spiro atoms. The Balaban J connectivity index is 0.916. The molecule has 42 heavy (non-hydrogen) atoms. The number of H-pyrrole nitrogens is 1. The fourth-order valence-electron chi connectivity index (χ4n) is 6.58. The number of nitrogens with one attached hydrogen (secondary N) is 1. The van der Waals surface area contributed by atoms with Crippen LogP contribution in [0.25, 0.3) is 10.9 Å². The Labute approximate surface area is 249 Å². The number of likely N-dealkylation sites (tertiary alicyclic amines) is 1. The van der Waals surface area contributed by atoms with Crippen LogP contribution in [-0.2, 0) is 13.0 Å². The van der Waals surface area contributed by atoms with Crippen molar-refractivity contribution in [2.45, 2.75) is 38.6 Å². The number of carbonyl (C=O) groups excluding carboxylic acids is 1. The van der Waals surface area contributed by atoms with E-state index in [0.29, 0.717) is 17.9 Å². The van der Waals surface area contributed by atoms with Crippen LogP contribution in [0.3, 0.4) is 0 Å². The summed E-state index contributed by atoms with van der Waals surface area (Å²) >= 11 is 0. The van der Waals surface area contributed by atoms with Crippen molar-refractivity contribution in [2.24, 2.45) is 5.92 Å². The van der Waals surface area contributed by atoms with Crippen molar-refractivity contribution >= 4 is 22.4 Å². The van der Waals surface area contributed by atoms with Crippen molar-refractivity contribution in [1.29, 1.82) is 5.26 Å². The first-order valence-electron chi connectivity index (χ1n) is 15.5. The number of anilines is 1. The molecule has 4 aromatic rings. The molecule has 2 aliphatic heterocycles. The molecule has 0 radical (unpaired) electrons. The van der Waals surface area contributed by atoms with Gasteiger partial charge in [0, 0.05) is 74.0 Å². The zero-order chi connectivity index (χ0) is 28.7. The summed E-state index contributed by atoms with van der Waals surface area (Å²) in [6.07, 6.45) is 7.08. The van der Waals surface area contributed by atoms with Gasteiger partial charge in [-0.05, 0) is 98.3 Å². The number of hydrogen-bond donors (Lipinski definition) is 1. The molecule has 0 aliphatic carbocycles. The van der Waals surface area contributed by atoms with Crippen LogP contribution in [-0.4, -0.2) is 66.4 Å². The quantitative estimate of drug-likeness (QED) is 0.232. The molecule has 0 amide bonds. The molecule has 2 saturated heterocycles. The van der Waals surface area contributed by atoms with Crippen molar-refractivity contribution in [3.8, 4) is 6.07 Å². The minimum absolute atomic E-state index is 0.275. The second-order valence-corrected chi connectivity index (χ2v) is 12.0. The molecule has 0 unspecified atom stereocenters. The maximum Gasteiger partial charge on any atom is 0.162 e. The average molecular weight is 560 g/mol. The van der Waals surface area contributed by atoms with E-state index in [4.69, 9.17) is 0 Å². The number of fused-ring (bicyclic) bond motifs is 1. The standard InChI is InChI=1S/C36H41N5O/c37-25-30-6-12-35-34(24-30)32(26-38-35)16-19-39-20-22-41(23-21-39)33-10-8-31(9-11-33)36(42)13-7-28-14-17-40(18-15-28)27-29-4-2-1-3-5-29/h1-6,8-12,24,26,28,38H,7,13-23,27H2. The van der Waals surface area contributed by atoms with Gasteiger partial charge < -0.3 is 9.88 Å². The van der Waals surface area contributed by atoms with E-state index < -0.39 is 0 Å². The minimum atomic E-state index is 0.275. The van der Waals surface area contributed by atoms with Crippen LogP contribution in [0, 0.1) is 17.2 Å². The Morgan fingerprint density at radius 1 is 0.881 bits per heavy atom. The van der Waals surface area contributed by atoms with E-state index >= 15 is 0 Å². The fourth-order valence-corrected chi connectivity index (χ4v) is 6.58. The van der Waals surface area contributed by atoms with Gasteiger partial charge in [-0.25, -0.2) is 0 Å². The lowest BCUT2D eigenvalue weighted by atomic mass is 9.90. The monoisotopic (exact) mass is 559 g/mol. The van der Waals surface area contributed by atoms with Gasteiger partial charge in [-0.1, -0.05) is 30.3 Å². The summed E-state index contributed by atoms with van der Waals surface area (Å²) in [7, 11) is 0. The van der Waals surface area contributed by atoms with Gasteiger partial charge in [0.15, 0.2) is 5.78 Å². The van der Waals surface area contributed by atoms with E-state index in [1.165, 1.54) is 29.7 Å². The van der Waals surface area contributed by atoms with E-state index in [-0.39, 0.29) is 5.78 Å². The second-order valence-electron chi connectivity index (χ2n) is 12.0. The zero-order valence-electron chi connectivity index (χ0n) is 24.5. The first-order chi connectivity index (χ1) is 20.6. The van der Waals surface area contributed by atoms with Crippen LogP contribution in [0.5, 0.6) is 0 Å². The lowest BCUT2D eigenvalue weighted by Gasteiger charge is -2.36. The number of rotatable bonds is 10. The molecule has 2 fully saturated rings. The smallest absolute Gasteiger partial charge is 0.162 e. The maximum absolute atomic E-state index is 13.0. The topological polar surface area (TPSA) is 66.4 Å². The number of benzene rings is 3. The Morgan fingerprint density at radius 2 is 1.64 bits per heavy atom. The number of ketones is 1. The molecule has 0 bridgehead atoms. The second kappa shape index (κ2) is 13.4. The molecule has 0 atom stereocenters. The number of carbonyl (C=O) groups is 1. The lowest BCUT2D eigenvalue weighted by Crippen LogP contribution is -2.47. The number of piperazine rings is 1. The molecule has 3 heterocycles. The number of hydrogen-bond acceptors (Lipinski definition) is 5. The largest absolute Gasteiger partial charge is 0.369 e. The summed E-state index contributed by atoms with van der Waals surface area (Å²) in [5.74, 6) is 0.930. The summed E-state index contributed by atoms with van der Waals surface area (Å²) in [6, 6.07) is 27.1. The predicted octanol–water partition coefficient (Wildman–Crippen LogP) is 6.28. The van der Waals surface area contributed by atoms with Crippen LogP contribution in [0.4, 0.5) is 5.69 Å². The Kier molecular flexibility index (Phi) is 8.98. The van der Waals surface area contributed by atoms with Crippen molar-refractivity contribution in [3.63, 3.8) is 0 Å². The molecule has 6 nitrogen and oxygen atoms in total. The number of nitriles is 1. The summed E-state index contributed by atoms with van der Waals surface area (Å²) in [6.45, 7) is 8.32. The summed E-state index contributed by atoms with van der Waals surface area (Å²) in [5, 5.41) is 10.4. The third-order valence-corrected chi connectivity index (χ3v) is 9.26. The number of nitrogens with zero attached hydrogens (tertiary/aromatic N) is 4. The van der Waals surface area contributed by atoms with Crippen LogP contribution >= 0.6 is 0 Å². The van der Waals surface area contributed by atoms with Crippen molar-refractivity contribution in [1.82, 2.24) is 14.8 Å². The van der Waals surface area contributed by atoms with Crippen molar-refractivity contribution in [3.05, 3.63) is 101 Å². The van der Waals surface area contributed by atoms with Gasteiger partial charge in [0.25, 0.3) is 0 Å². The van der Waals surface area contributed by atoms with Gasteiger partial charge in [-0.3, -0.25) is 14.6 Å². The molecular formula is C36H41N5O. The van der Waals surface area contributed by atoms with Crippen molar-refractivity contribution < 1.29 is 4.79 Å². The van der Waals surface area contributed by atoms with Crippen LogP contribution in [0.2, 0.25) is 0 Å². The van der Waals surface area contributed by atoms with Crippen LogP contribution in [0.15, 0.2) is 79.0 Å². The highest BCUT2D eigenvalue weighted by molar-refractivity contribution is 5.96. The van der Waals surface area contributed by atoms with Gasteiger partial charge in [0.2, 0.25) is 0 Å². The number of piperidine rings is 1. The Bertz CT molecular complexity index is 1500. The van der Waals surface area contributed by atoms with Crippen LogP contribution < -0.4 is 4.90 Å². The van der Waals surface area contributed by atoms with Gasteiger partial charge in [-0.2, -0.15) is 5.26 Å². The molecule has 6 heteroatoms. The first kappa shape index (κ1) is 28.2. The number of aromatic amines is 1. The van der Waals surface area contributed by atoms with E-state index in [1.807, 2.05) is 30.3 Å². The molecule has 216 valence electrons. The highest BCUT2D eigenvalue weighted by atomic mass is 16.1. The number of aromatic nitrogens is 1. The molecule has 6 rings (SSSR count). The van der Waals surface area contributed by atoms with E-state index in [0.717, 1.165) is 81.7 Å². The van der Waals surface area contributed by atoms with E-state index in [2.05, 4.69) is 74.4 Å². The maximum atomic E-state index is 13.0. The molecule has 1 aromatic heterocycles. The van der Waals surface area contributed by atoms with Gasteiger partial charge in [-0.15, -0.1) is 0 Å². The van der Waals surface area contributed by atoms with Crippen LogP contribution in [0.1, 0.15) is 52.7 Å². The molecular weight excluding hydrogens is 518 g/mol. The third kappa shape index (κ3) is 6.92. The highest BCUT2D eigenvalue weighted by Crippen LogP contribution is 2.25. The normalized spacial score (nSPS) is 17.0. The molecule has 3 aromatic carbocycles. The Hall–Kier alpha value is -3.92. The molecule has 2 aliphatic rings. The molecule has 1 N–H and O–H groups in total. The van der Waals surface area contributed by atoms with E-state index in [9.17, 15) is 10.1 Å². The summed E-state index contributed by atoms with van der Waals surface area (Å²) < 4.78 is 0. The zero-order valence-corrected chi connectivity index (χ0v) is 24.5. The molecule has 0 saturated carbocycles. The van der Waals surface area contributed by atoms with Gasteiger partial charge >= 0.3 is 0 Å². The highest BCUT2D eigenvalue weighted by Gasteiger charge is 2.21. The average Bonchev–Trinajstić information content (AvgIpc) is 3.46. The van der Waals surface area contributed by atoms with Gasteiger partial charge in [0.1, 0.15) is 0 Å². The van der Waals surface area contributed by atoms with E-state index in [1.54, 1.807) is 0 Å². The fraction of sp³-hybridized carbons (Fsp3) is 0.389. The number of Topliss-reactive ketones (excluding diaryl/α,β-unsaturated/α-hetero) is 1. The third-order valence-electron chi connectivity index (χ3n) is 9.26. The Morgan fingerprint density at radius 3 is 2.38 bits per heavy atom. The summed E-state index contributed by atoms with van der Waals surface area (Å²) in [4.78, 5) is 23.8. The first-order valence-corrected chi connectivity index (χ1v) is 15.5. The minimum Gasteiger partial charge on any atom is -0.369 e. The van der Waals surface area contributed by atoms with Gasteiger partial charge in [0.05, 0.1) is 11.6 Å². The van der Waals surface area contributed by atoms with Crippen molar-refractivity contribution in [2.75, 3.05) is 50.7 Å². The lowest BCUT2D eigenvalue weighted by molar-refractivity contribution is 0.0961. The predicted molar refractivity (Wildman–Crippen MR) is 170 cm³/mol. The summed E-state index contributed by atoms with van der Waals surface area (Å²) in [5.41, 5.74) is 6.51.